The fourth-order valence-corrected chi connectivity index (χ4v) is 1.63. The Labute approximate surface area is 137 Å². The summed E-state index contributed by atoms with van der Waals surface area (Å²) >= 11 is 0. The van der Waals surface area contributed by atoms with Gasteiger partial charge in [0.15, 0.2) is 11.5 Å². The third-order valence-corrected chi connectivity index (χ3v) is 2.66. The quantitative estimate of drug-likeness (QED) is 0.387. The summed E-state index contributed by atoms with van der Waals surface area (Å²) in [5.74, 6) is -3.93. The van der Waals surface area contributed by atoms with E-state index in [0.717, 1.165) is 6.08 Å². The maximum atomic E-state index is 11.7. The number of carboxylic acid groups (broad SMARTS) is 1. The number of phenols is 2. The lowest BCUT2D eigenvalue weighted by atomic mass is 10.2. The van der Waals surface area contributed by atoms with Crippen molar-refractivity contribution in [3.05, 3.63) is 29.8 Å². The molecule has 0 amide bonds. The number of hydrogen-bond donors (Lipinski definition) is 3. The average molecular weight is 338 g/mol. The molecule has 0 radical (unpaired) electrons. The second-order valence-electron chi connectivity index (χ2n) is 5.09. The van der Waals surface area contributed by atoms with E-state index in [9.17, 15) is 24.6 Å². The van der Waals surface area contributed by atoms with Gasteiger partial charge in [0, 0.05) is 6.08 Å². The van der Waals surface area contributed by atoms with E-state index in [0.29, 0.717) is 5.56 Å². The highest BCUT2D eigenvalue weighted by atomic mass is 16.6. The van der Waals surface area contributed by atoms with Gasteiger partial charge in [0.25, 0.3) is 0 Å². The van der Waals surface area contributed by atoms with Crippen molar-refractivity contribution in [1.82, 2.24) is 0 Å². The molecule has 1 rings (SSSR count). The number of carboxylic acids is 1. The zero-order valence-electron chi connectivity index (χ0n) is 13.1. The van der Waals surface area contributed by atoms with E-state index in [1.54, 1.807) is 13.8 Å². The number of carbonyl (C=O) groups excluding carboxylic acids is 2. The molecule has 0 saturated carbocycles. The van der Waals surface area contributed by atoms with E-state index in [2.05, 4.69) is 0 Å². The summed E-state index contributed by atoms with van der Waals surface area (Å²) in [5, 5.41) is 27.5. The SMILES string of the molecule is CC(C)OC(=O)CC(OC(=O)/C=C/c1ccc(O)c(O)c1)C(=O)O. The minimum absolute atomic E-state index is 0.315. The first-order valence-corrected chi connectivity index (χ1v) is 7.02. The predicted octanol–water partition coefficient (Wildman–Crippen LogP) is 1.45. The first-order valence-electron chi connectivity index (χ1n) is 7.02. The second kappa shape index (κ2) is 8.56. The number of aliphatic carboxylic acids is 1. The van der Waals surface area contributed by atoms with Crippen LogP contribution in [0.15, 0.2) is 24.3 Å². The van der Waals surface area contributed by atoms with Crippen molar-refractivity contribution >= 4 is 24.0 Å². The van der Waals surface area contributed by atoms with Gasteiger partial charge in [0.1, 0.15) is 0 Å². The Hall–Kier alpha value is -3.03. The predicted molar refractivity (Wildman–Crippen MR) is 82.2 cm³/mol. The highest BCUT2D eigenvalue weighted by molar-refractivity contribution is 5.90. The van der Waals surface area contributed by atoms with Crippen LogP contribution in [0.2, 0.25) is 0 Å². The van der Waals surface area contributed by atoms with Gasteiger partial charge in [-0.2, -0.15) is 0 Å². The Bertz CT molecular complexity index is 647. The largest absolute Gasteiger partial charge is 0.504 e. The van der Waals surface area contributed by atoms with Crippen LogP contribution >= 0.6 is 0 Å². The Morgan fingerprint density at radius 1 is 1.12 bits per heavy atom. The molecular formula is C16H18O8. The van der Waals surface area contributed by atoms with Crippen LogP contribution in [0, 0.1) is 0 Å². The third kappa shape index (κ3) is 6.39. The van der Waals surface area contributed by atoms with E-state index in [4.69, 9.17) is 14.6 Å². The van der Waals surface area contributed by atoms with Gasteiger partial charge >= 0.3 is 17.9 Å². The summed E-state index contributed by atoms with van der Waals surface area (Å²) in [5.41, 5.74) is 0.383. The van der Waals surface area contributed by atoms with Crippen molar-refractivity contribution in [2.24, 2.45) is 0 Å². The van der Waals surface area contributed by atoms with Crippen LogP contribution in [-0.4, -0.2) is 45.4 Å². The van der Waals surface area contributed by atoms with Crippen LogP contribution in [0.1, 0.15) is 25.8 Å². The lowest BCUT2D eigenvalue weighted by Gasteiger charge is -2.13. The van der Waals surface area contributed by atoms with Gasteiger partial charge in [0.2, 0.25) is 6.10 Å². The number of esters is 2. The summed E-state index contributed by atoms with van der Waals surface area (Å²) in [6, 6.07) is 3.85. The molecule has 8 heteroatoms. The molecule has 0 aliphatic carbocycles. The molecule has 24 heavy (non-hydrogen) atoms. The Balaban J connectivity index is 2.68. The molecule has 0 spiro atoms. The van der Waals surface area contributed by atoms with Crippen molar-refractivity contribution in [3.8, 4) is 11.5 Å². The number of ether oxygens (including phenoxy) is 2. The van der Waals surface area contributed by atoms with E-state index in [-0.39, 0.29) is 11.5 Å². The molecule has 0 aromatic heterocycles. The molecule has 0 aliphatic heterocycles. The second-order valence-corrected chi connectivity index (χ2v) is 5.09. The summed E-state index contributed by atoms with van der Waals surface area (Å²) in [4.78, 5) is 34.1. The first kappa shape index (κ1) is 19.0. The van der Waals surface area contributed by atoms with Crippen LogP contribution in [0.25, 0.3) is 6.08 Å². The molecule has 130 valence electrons. The number of phenolic OH excluding ortho intramolecular Hbond substituents is 2. The van der Waals surface area contributed by atoms with Crippen LogP contribution in [0.3, 0.4) is 0 Å². The lowest BCUT2D eigenvalue weighted by Crippen LogP contribution is -2.30. The summed E-state index contributed by atoms with van der Waals surface area (Å²) in [6.45, 7) is 3.21. The van der Waals surface area contributed by atoms with Crippen molar-refractivity contribution in [2.45, 2.75) is 32.5 Å². The normalized spacial score (nSPS) is 12.1. The van der Waals surface area contributed by atoms with Crippen LogP contribution < -0.4 is 0 Å². The number of aromatic hydroxyl groups is 2. The zero-order valence-corrected chi connectivity index (χ0v) is 13.1. The molecule has 0 saturated heterocycles. The maximum Gasteiger partial charge on any atom is 0.345 e. The molecule has 1 unspecified atom stereocenters. The minimum atomic E-state index is -1.67. The van der Waals surface area contributed by atoms with Crippen molar-refractivity contribution < 1.29 is 39.2 Å². The Morgan fingerprint density at radius 2 is 1.79 bits per heavy atom. The van der Waals surface area contributed by atoms with Gasteiger partial charge in [-0.25, -0.2) is 9.59 Å². The van der Waals surface area contributed by atoms with Gasteiger partial charge in [-0.15, -0.1) is 0 Å². The number of rotatable bonds is 7. The summed E-state index contributed by atoms with van der Waals surface area (Å²) in [7, 11) is 0. The van der Waals surface area contributed by atoms with Crippen LogP contribution in [-0.2, 0) is 23.9 Å². The third-order valence-electron chi connectivity index (χ3n) is 2.66. The van der Waals surface area contributed by atoms with Gasteiger partial charge < -0.3 is 24.8 Å². The zero-order chi connectivity index (χ0) is 18.3. The smallest absolute Gasteiger partial charge is 0.345 e. The van der Waals surface area contributed by atoms with Gasteiger partial charge in [0.05, 0.1) is 12.5 Å². The Morgan fingerprint density at radius 3 is 2.33 bits per heavy atom. The van der Waals surface area contributed by atoms with E-state index in [1.165, 1.54) is 24.3 Å². The first-order chi connectivity index (χ1) is 11.2. The fourth-order valence-electron chi connectivity index (χ4n) is 1.63. The van der Waals surface area contributed by atoms with E-state index >= 15 is 0 Å². The standard InChI is InChI=1S/C16H18O8/c1-9(2)23-15(20)8-13(16(21)22)24-14(19)6-4-10-3-5-11(17)12(18)7-10/h3-7,9,13,17-18H,8H2,1-2H3,(H,21,22)/b6-4+. The molecule has 1 atom stereocenters. The molecule has 0 heterocycles. The highest BCUT2D eigenvalue weighted by Gasteiger charge is 2.26. The van der Waals surface area contributed by atoms with E-state index < -0.39 is 36.5 Å². The van der Waals surface area contributed by atoms with Gasteiger partial charge in [-0.05, 0) is 37.6 Å². The molecule has 3 N–H and O–H groups in total. The Kier molecular flexibility index (Phi) is 6.79. The topological polar surface area (TPSA) is 130 Å². The molecule has 0 fully saturated rings. The number of hydrogen-bond acceptors (Lipinski definition) is 7. The maximum absolute atomic E-state index is 11.7. The van der Waals surface area contributed by atoms with Crippen molar-refractivity contribution in [1.29, 1.82) is 0 Å². The number of carbonyl (C=O) groups is 3. The van der Waals surface area contributed by atoms with Crippen LogP contribution in [0.5, 0.6) is 11.5 Å². The monoisotopic (exact) mass is 338 g/mol. The summed E-state index contributed by atoms with van der Waals surface area (Å²) < 4.78 is 9.50. The number of benzene rings is 1. The van der Waals surface area contributed by atoms with E-state index in [1.807, 2.05) is 0 Å². The van der Waals surface area contributed by atoms with Gasteiger partial charge in [-0.3, -0.25) is 4.79 Å². The van der Waals surface area contributed by atoms with Crippen LogP contribution in [0.4, 0.5) is 0 Å². The molecule has 1 aromatic carbocycles. The minimum Gasteiger partial charge on any atom is -0.504 e. The van der Waals surface area contributed by atoms with Crippen molar-refractivity contribution in [3.63, 3.8) is 0 Å². The molecular weight excluding hydrogens is 320 g/mol. The average Bonchev–Trinajstić information content (AvgIpc) is 2.47. The molecule has 0 aliphatic rings. The fraction of sp³-hybridized carbons (Fsp3) is 0.312. The molecule has 1 aromatic rings. The molecule has 8 nitrogen and oxygen atoms in total. The van der Waals surface area contributed by atoms with Gasteiger partial charge in [-0.1, -0.05) is 6.07 Å². The lowest BCUT2D eigenvalue weighted by molar-refractivity contribution is -0.166. The van der Waals surface area contributed by atoms with Crippen molar-refractivity contribution in [2.75, 3.05) is 0 Å². The highest BCUT2D eigenvalue weighted by Crippen LogP contribution is 2.25. The summed E-state index contributed by atoms with van der Waals surface area (Å²) in [6.07, 6.45) is -0.485. The molecule has 0 bridgehead atoms.